The van der Waals surface area contributed by atoms with Gasteiger partial charge in [-0.05, 0) is 30.7 Å². The van der Waals surface area contributed by atoms with E-state index in [-0.39, 0.29) is 11.8 Å². The lowest BCUT2D eigenvalue weighted by atomic mass is 10.1. The molecule has 0 aromatic heterocycles. The van der Waals surface area contributed by atoms with Crippen LogP contribution in [0.2, 0.25) is 0 Å². The van der Waals surface area contributed by atoms with Gasteiger partial charge < -0.3 is 4.74 Å². The van der Waals surface area contributed by atoms with Crippen molar-refractivity contribution in [3.8, 4) is 5.75 Å². The van der Waals surface area contributed by atoms with Crippen molar-refractivity contribution in [1.29, 1.82) is 0 Å². The highest BCUT2D eigenvalue weighted by Crippen LogP contribution is 2.30. The number of halogens is 1. The Bertz CT molecular complexity index is 694. The monoisotopic (exact) mass is 315 g/mol. The SMILES string of the molecule is O=C1c2ccccc2C(=O)N1c1cccc(OCCCCl)c1. The summed E-state index contributed by atoms with van der Waals surface area (Å²) in [6, 6.07) is 13.8. The summed E-state index contributed by atoms with van der Waals surface area (Å²) in [5, 5.41) is 0. The van der Waals surface area contributed by atoms with Crippen LogP contribution in [0.3, 0.4) is 0 Å². The maximum absolute atomic E-state index is 12.4. The number of fused-ring (bicyclic) bond motifs is 1. The van der Waals surface area contributed by atoms with Gasteiger partial charge in [0.25, 0.3) is 11.8 Å². The molecule has 0 saturated carbocycles. The molecule has 0 fully saturated rings. The number of anilines is 1. The number of hydrogen-bond donors (Lipinski definition) is 0. The summed E-state index contributed by atoms with van der Waals surface area (Å²) in [7, 11) is 0. The van der Waals surface area contributed by atoms with E-state index in [4.69, 9.17) is 16.3 Å². The number of rotatable bonds is 5. The fraction of sp³-hybridized carbons (Fsp3) is 0.176. The number of alkyl halides is 1. The molecular formula is C17H14ClNO3. The van der Waals surface area contributed by atoms with Gasteiger partial charge in [0.05, 0.1) is 23.4 Å². The predicted octanol–water partition coefficient (Wildman–Crippen LogP) is 3.49. The van der Waals surface area contributed by atoms with Gasteiger partial charge in [0.2, 0.25) is 0 Å². The molecule has 0 atom stereocenters. The Balaban J connectivity index is 1.88. The molecule has 0 unspecified atom stereocenters. The molecule has 1 heterocycles. The first kappa shape index (κ1) is 14.6. The largest absolute Gasteiger partial charge is 0.493 e. The Morgan fingerprint density at radius 2 is 1.64 bits per heavy atom. The average molecular weight is 316 g/mol. The molecule has 2 aromatic carbocycles. The Hall–Kier alpha value is -2.33. The normalized spacial score (nSPS) is 13.4. The van der Waals surface area contributed by atoms with Crippen LogP contribution in [-0.4, -0.2) is 24.3 Å². The first-order valence-electron chi connectivity index (χ1n) is 6.99. The van der Waals surface area contributed by atoms with E-state index in [1.165, 1.54) is 4.90 Å². The second kappa shape index (κ2) is 6.20. The van der Waals surface area contributed by atoms with Gasteiger partial charge in [-0.1, -0.05) is 18.2 Å². The zero-order valence-corrected chi connectivity index (χ0v) is 12.5. The van der Waals surface area contributed by atoms with Gasteiger partial charge in [-0.3, -0.25) is 9.59 Å². The number of carbonyl (C=O) groups excluding carboxylic acids is 2. The molecule has 112 valence electrons. The van der Waals surface area contributed by atoms with Gasteiger partial charge in [-0.25, -0.2) is 4.90 Å². The highest BCUT2D eigenvalue weighted by Gasteiger charge is 2.36. The first-order valence-corrected chi connectivity index (χ1v) is 7.52. The minimum absolute atomic E-state index is 0.307. The molecular weight excluding hydrogens is 302 g/mol. The van der Waals surface area contributed by atoms with Crippen molar-refractivity contribution in [1.82, 2.24) is 0 Å². The van der Waals surface area contributed by atoms with E-state index >= 15 is 0 Å². The molecule has 2 aromatic rings. The topological polar surface area (TPSA) is 46.6 Å². The molecule has 0 N–H and O–H groups in total. The zero-order valence-electron chi connectivity index (χ0n) is 11.8. The third-order valence-corrected chi connectivity index (χ3v) is 3.68. The van der Waals surface area contributed by atoms with Crippen LogP contribution in [0.15, 0.2) is 48.5 Å². The van der Waals surface area contributed by atoms with Crippen molar-refractivity contribution < 1.29 is 14.3 Å². The maximum atomic E-state index is 12.4. The maximum Gasteiger partial charge on any atom is 0.266 e. The molecule has 0 bridgehead atoms. The highest BCUT2D eigenvalue weighted by molar-refractivity contribution is 6.34. The van der Waals surface area contributed by atoms with E-state index in [2.05, 4.69) is 0 Å². The standard InChI is InChI=1S/C17H14ClNO3/c18-9-4-10-22-13-6-3-5-12(11-13)19-16(20)14-7-1-2-8-15(14)17(19)21/h1-3,5-8,11H,4,9-10H2. The highest BCUT2D eigenvalue weighted by atomic mass is 35.5. The molecule has 2 amide bonds. The van der Waals surface area contributed by atoms with E-state index in [1.807, 2.05) is 0 Å². The number of nitrogens with zero attached hydrogens (tertiary/aromatic N) is 1. The zero-order chi connectivity index (χ0) is 15.5. The Labute approximate surface area is 133 Å². The lowest BCUT2D eigenvalue weighted by molar-refractivity contribution is 0.0926. The van der Waals surface area contributed by atoms with E-state index in [0.717, 1.165) is 6.42 Å². The van der Waals surface area contributed by atoms with Crippen molar-refractivity contribution in [2.75, 3.05) is 17.4 Å². The van der Waals surface area contributed by atoms with Crippen molar-refractivity contribution in [3.05, 3.63) is 59.7 Å². The minimum Gasteiger partial charge on any atom is -0.493 e. The lowest BCUT2D eigenvalue weighted by Crippen LogP contribution is -2.29. The molecule has 3 rings (SSSR count). The van der Waals surface area contributed by atoms with Crippen molar-refractivity contribution in [3.63, 3.8) is 0 Å². The average Bonchev–Trinajstić information content (AvgIpc) is 2.80. The first-order chi connectivity index (χ1) is 10.7. The van der Waals surface area contributed by atoms with Gasteiger partial charge in [0.15, 0.2) is 0 Å². The van der Waals surface area contributed by atoms with Crippen LogP contribution in [0, 0.1) is 0 Å². The molecule has 0 aliphatic carbocycles. The molecule has 0 saturated heterocycles. The third kappa shape index (κ3) is 2.57. The van der Waals surface area contributed by atoms with Crippen LogP contribution in [0.5, 0.6) is 5.75 Å². The van der Waals surface area contributed by atoms with Gasteiger partial charge in [0.1, 0.15) is 5.75 Å². The minimum atomic E-state index is -0.307. The molecule has 5 heteroatoms. The predicted molar refractivity (Wildman–Crippen MR) is 84.9 cm³/mol. The second-order valence-electron chi connectivity index (χ2n) is 4.88. The van der Waals surface area contributed by atoms with E-state index < -0.39 is 0 Å². The van der Waals surface area contributed by atoms with Crippen LogP contribution < -0.4 is 9.64 Å². The van der Waals surface area contributed by atoms with Crippen molar-refractivity contribution in [2.45, 2.75) is 6.42 Å². The Kier molecular flexibility index (Phi) is 4.11. The van der Waals surface area contributed by atoms with Crippen molar-refractivity contribution in [2.24, 2.45) is 0 Å². The Morgan fingerprint density at radius 1 is 0.955 bits per heavy atom. The summed E-state index contributed by atoms with van der Waals surface area (Å²) in [4.78, 5) is 26.0. The van der Waals surface area contributed by atoms with Gasteiger partial charge in [-0.2, -0.15) is 0 Å². The summed E-state index contributed by atoms with van der Waals surface area (Å²) in [6.07, 6.45) is 0.735. The number of amides is 2. The van der Waals surface area contributed by atoms with Crippen LogP contribution in [-0.2, 0) is 0 Å². The smallest absolute Gasteiger partial charge is 0.266 e. The van der Waals surface area contributed by atoms with Crippen LogP contribution >= 0.6 is 11.6 Å². The summed E-state index contributed by atoms with van der Waals surface area (Å²) < 4.78 is 5.56. The number of benzene rings is 2. The quantitative estimate of drug-likeness (QED) is 0.482. The van der Waals surface area contributed by atoms with Crippen LogP contribution in [0.1, 0.15) is 27.1 Å². The third-order valence-electron chi connectivity index (χ3n) is 3.42. The second-order valence-corrected chi connectivity index (χ2v) is 5.26. The van der Waals surface area contributed by atoms with E-state index in [0.29, 0.717) is 35.1 Å². The molecule has 1 aliphatic rings. The molecule has 0 radical (unpaired) electrons. The summed E-state index contributed by atoms with van der Waals surface area (Å²) in [5.41, 5.74) is 1.37. The fourth-order valence-electron chi connectivity index (χ4n) is 2.38. The van der Waals surface area contributed by atoms with Crippen molar-refractivity contribution >= 4 is 29.1 Å². The van der Waals surface area contributed by atoms with Crippen LogP contribution in [0.4, 0.5) is 5.69 Å². The summed E-state index contributed by atoms with van der Waals surface area (Å²) in [6.45, 7) is 0.495. The number of carbonyl (C=O) groups is 2. The number of ether oxygens (including phenoxy) is 1. The van der Waals surface area contributed by atoms with Crippen LogP contribution in [0.25, 0.3) is 0 Å². The summed E-state index contributed by atoms with van der Waals surface area (Å²) >= 11 is 5.61. The van der Waals surface area contributed by atoms with Gasteiger partial charge in [-0.15, -0.1) is 11.6 Å². The fourth-order valence-corrected chi connectivity index (χ4v) is 2.49. The Morgan fingerprint density at radius 3 is 2.27 bits per heavy atom. The number of imide groups is 1. The molecule has 4 nitrogen and oxygen atoms in total. The number of hydrogen-bond acceptors (Lipinski definition) is 3. The molecule has 0 spiro atoms. The van der Waals surface area contributed by atoms with Gasteiger partial charge in [0, 0.05) is 11.9 Å². The summed E-state index contributed by atoms with van der Waals surface area (Å²) in [5.74, 6) is 0.522. The van der Waals surface area contributed by atoms with E-state index in [9.17, 15) is 9.59 Å². The lowest BCUT2D eigenvalue weighted by Gasteiger charge is -2.15. The van der Waals surface area contributed by atoms with Gasteiger partial charge >= 0.3 is 0 Å². The molecule has 22 heavy (non-hydrogen) atoms. The molecule has 1 aliphatic heterocycles. The van der Waals surface area contributed by atoms with E-state index in [1.54, 1.807) is 48.5 Å².